The van der Waals surface area contributed by atoms with Crippen LogP contribution in [0.15, 0.2) is 0 Å². The molecule has 0 spiro atoms. The third kappa shape index (κ3) is 3.95. The van der Waals surface area contributed by atoms with E-state index in [1.165, 1.54) is 6.42 Å². The van der Waals surface area contributed by atoms with Gasteiger partial charge in [0, 0.05) is 11.9 Å². The van der Waals surface area contributed by atoms with Crippen LogP contribution < -0.4 is 5.32 Å². The number of carbonyl (C=O) groups is 1. The minimum atomic E-state index is -0.176. The summed E-state index contributed by atoms with van der Waals surface area (Å²) in [4.78, 5) is 12.1. The van der Waals surface area contributed by atoms with E-state index in [-0.39, 0.29) is 16.1 Å². The first-order chi connectivity index (χ1) is 7.40. The Morgan fingerprint density at radius 1 is 1.56 bits per heavy atom. The first-order valence-electron chi connectivity index (χ1n) is 5.88. The fourth-order valence-electron chi connectivity index (χ4n) is 1.81. The molecule has 0 saturated carbocycles. The van der Waals surface area contributed by atoms with E-state index in [0.29, 0.717) is 0 Å². The van der Waals surface area contributed by atoms with E-state index in [9.17, 15) is 4.79 Å². The molecule has 2 nitrogen and oxygen atoms in total. The third-order valence-electron chi connectivity index (χ3n) is 3.20. The molecule has 1 unspecified atom stereocenters. The summed E-state index contributed by atoms with van der Waals surface area (Å²) >= 11 is 5.25. The standard InChI is InChI=1S/C12H22BrNOS/c1-11(2,6-7-13)9-14-10(15)12(3)5-4-8-16-12/h4-9H2,1-3H3,(H,14,15). The van der Waals surface area contributed by atoms with Crippen LogP contribution in [-0.4, -0.2) is 28.3 Å². The summed E-state index contributed by atoms with van der Waals surface area (Å²) in [6, 6.07) is 0. The summed E-state index contributed by atoms with van der Waals surface area (Å²) in [7, 11) is 0. The molecular weight excluding hydrogens is 286 g/mol. The van der Waals surface area contributed by atoms with Crippen molar-refractivity contribution in [1.29, 1.82) is 0 Å². The molecule has 0 radical (unpaired) electrons. The molecule has 1 amide bonds. The van der Waals surface area contributed by atoms with Gasteiger partial charge in [0.1, 0.15) is 0 Å². The SMILES string of the molecule is CC(C)(CCBr)CNC(=O)C1(C)CCCS1. The number of amides is 1. The molecule has 1 fully saturated rings. The normalized spacial score (nSPS) is 25.8. The number of nitrogens with one attached hydrogen (secondary N) is 1. The highest BCUT2D eigenvalue weighted by molar-refractivity contribution is 9.09. The van der Waals surface area contributed by atoms with Gasteiger partial charge in [-0.3, -0.25) is 4.79 Å². The van der Waals surface area contributed by atoms with Gasteiger partial charge in [-0.15, -0.1) is 11.8 Å². The molecule has 1 atom stereocenters. The summed E-state index contributed by atoms with van der Waals surface area (Å²) in [5.41, 5.74) is 0.179. The first-order valence-corrected chi connectivity index (χ1v) is 7.99. The molecule has 0 aromatic carbocycles. The summed E-state index contributed by atoms with van der Waals surface area (Å²) < 4.78 is -0.176. The lowest BCUT2D eigenvalue weighted by atomic mass is 9.90. The lowest BCUT2D eigenvalue weighted by Crippen LogP contribution is -2.44. The number of carbonyl (C=O) groups excluding carboxylic acids is 1. The van der Waals surface area contributed by atoms with E-state index in [2.05, 4.69) is 42.0 Å². The predicted molar refractivity (Wildman–Crippen MR) is 75.3 cm³/mol. The van der Waals surface area contributed by atoms with Gasteiger partial charge in [-0.25, -0.2) is 0 Å². The van der Waals surface area contributed by atoms with Gasteiger partial charge in [0.2, 0.25) is 5.91 Å². The minimum absolute atomic E-state index is 0.176. The highest BCUT2D eigenvalue weighted by Crippen LogP contribution is 2.37. The van der Waals surface area contributed by atoms with Gasteiger partial charge in [-0.1, -0.05) is 29.8 Å². The zero-order valence-electron chi connectivity index (χ0n) is 10.4. The Bertz CT molecular complexity index is 249. The van der Waals surface area contributed by atoms with E-state index < -0.39 is 0 Å². The van der Waals surface area contributed by atoms with Crippen molar-refractivity contribution in [3.05, 3.63) is 0 Å². The Morgan fingerprint density at radius 2 is 2.25 bits per heavy atom. The lowest BCUT2D eigenvalue weighted by molar-refractivity contribution is -0.123. The first kappa shape index (κ1) is 14.4. The van der Waals surface area contributed by atoms with E-state index in [4.69, 9.17) is 0 Å². The average Bonchev–Trinajstić information content (AvgIpc) is 2.63. The predicted octanol–water partition coefficient (Wildman–Crippen LogP) is 3.20. The molecule has 1 saturated heterocycles. The zero-order valence-corrected chi connectivity index (χ0v) is 12.8. The minimum Gasteiger partial charge on any atom is -0.354 e. The maximum absolute atomic E-state index is 12.1. The van der Waals surface area contributed by atoms with Crippen LogP contribution in [0.2, 0.25) is 0 Å². The van der Waals surface area contributed by atoms with E-state index in [0.717, 1.165) is 30.5 Å². The zero-order chi connectivity index (χ0) is 12.2. The molecule has 0 bridgehead atoms. The summed E-state index contributed by atoms with van der Waals surface area (Å²) in [5.74, 6) is 1.34. The molecule has 4 heteroatoms. The van der Waals surface area contributed by atoms with Gasteiger partial charge in [-0.05, 0) is 37.4 Å². The van der Waals surface area contributed by atoms with Gasteiger partial charge in [-0.2, -0.15) is 0 Å². The molecule has 0 aromatic rings. The van der Waals surface area contributed by atoms with Gasteiger partial charge in [0.25, 0.3) is 0 Å². The summed E-state index contributed by atoms with van der Waals surface area (Å²) in [6.45, 7) is 7.22. The Labute approximate surface area is 111 Å². The molecule has 1 aliphatic heterocycles. The molecule has 1 aliphatic rings. The second-order valence-corrected chi connectivity index (χ2v) is 7.86. The summed E-state index contributed by atoms with van der Waals surface area (Å²) in [6.07, 6.45) is 3.26. The van der Waals surface area contributed by atoms with Crippen molar-refractivity contribution in [2.24, 2.45) is 5.41 Å². The number of hydrogen-bond acceptors (Lipinski definition) is 2. The third-order valence-corrected chi connectivity index (χ3v) is 5.11. The topological polar surface area (TPSA) is 29.1 Å². The van der Waals surface area contributed by atoms with Gasteiger partial charge in [0.15, 0.2) is 0 Å². The van der Waals surface area contributed by atoms with Crippen molar-refractivity contribution in [3.63, 3.8) is 0 Å². The Morgan fingerprint density at radius 3 is 2.75 bits per heavy atom. The maximum Gasteiger partial charge on any atom is 0.235 e. The molecule has 1 N–H and O–H groups in total. The molecule has 0 aromatic heterocycles. The van der Waals surface area contributed by atoms with Crippen molar-refractivity contribution in [2.45, 2.75) is 44.8 Å². The number of thioether (sulfide) groups is 1. The number of halogens is 1. The average molecular weight is 308 g/mol. The van der Waals surface area contributed by atoms with Crippen LogP contribution in [0, 0.1) is 5.41 Å². The van der Waals surface area contributed by atoms with Crippen LogP contribution >= 0.6 is 27.7 Å². The number of hydrogen-bond donors (Lipinski definition) is 1. The second kappa shape index (κ2) is 5.76. The van der Waals surface area contributed by atoms with E-state index >= 15 is 0 Å². The number of rotatable bonds is 5. The molecule has 1 rings (SSSR count). The Balaban J connectivity index is 2.40. The fourth-order valence-corrected chi connectivity index (χ4v) is 4.11. The van der Waals surface area contributed by atoms with Crippen molar-refractivity contribution in [1.82, 2.24) is 5.32 Å². The monoisotopic (exact) mass is 307 g/mol. The molecule has 1 heterocycles. The van der Waals surface area contributed by atoms with Crippen LogP contribution in [0.25, 0.3) is 0 Å². The van der Waals surface area contributed by atoms with E-state index in [1.807, 2.05) is 0 Å². The van der Waals surface area contributed by atoms with Gasteiger partial charge in [0.05, 0.1) is 4.75 Å². The molecule has 94 valence electrons. The van der Waals surface area contributed by atoms with Crippen molar-refractivity contribution in [2.75, 3.05) is 17.6 Å². The summed E-state index contributed by atoms with van der Waals surface area (Å²) in [5, 5.41) is 4.10. The van der Waals surface area contributed by atoms with Crippen molar-refractivity contribution < 1.29 is 4.79 Å². The van der Waals surface area contributed by atoms with Crippen molar-refractivity contribution in [3.8, 4) is 0 Å². The van der Waals surface area contributed by atoms with Crippen LogP contribution in [0.3, 0.4) is 0 Å². The van der Waals surface area contributed by atoms with Crippen LogP contribution in [0.5, 0.6) is 0 Å². The van der Waals surface area contributed by atoms with E-state index in [1.54, 1.807) is 11.8 Å². The van der Waals surface area contributed by atoms with Crippen LogP contribution in [0.1, 0.15) is 40.0 Å². The Hall–Kier alpha value is 0.300. The molecule has 16 heavy (non-hydrogen) atoms. The van der Waals surface area contributed by atoms with Crippen molar-refractivity contribution >= 4 is 33.6 Å². The van der Waals surface area contributed by atoms with Crippen LogP contribution in [-0.2, 0) is 4.79 Å². The molecular formula is C12H22BrNOS. The highest BCUT2D eigenvalue weighted by Gasteiger charge is 2.37. The van der Waals surface area contributed by atoms with Crippen LogP contribution in [0.4, 0.5) is 0 Å². The second-order valence-electron chi connectivity index (χ2n) is 5.47. The van der Waals surface area contributed by atoms with Gasteiger partial charge >= 0.3 is 0 Å². The largest absolute Gasteiger partial charge is 0.354 e. The fraction of sp³-hybridized carbons (Fsp3) is 0.917. The Kier molecular flexibility index (Phi) is 5.17. The maximum atomic E-state index is 12.1. The van der Waals surface area contributed by atoms with Gasteiger partial charge < -0.3 is 5.32 Å². The smallest absolute Gasteiger partial charge is 0.235 e. The quantitative estimate of drug-likeness (QED) is 0.790. The lowest BCUT2D eigenvalue weighted by Gasteiger charge is -2.27. The number of alkyl halides is 1. The molecule has 0 aliphatic carbocycles. The highest BCUT2D eigenvalue weighted by atomic mass is 79.9.